The van der Waals surface area contributed by atoms with Crippen LogP contribution in [0.1, 0.15) is 85.3 Å². The maximum Gasteiger partial charge on any atom is 0.148 e. The number of aromatic hydroxyl groups is 1. The van der Waals surface area contributed by atoms with Crippen molar-refractivity contribution in [1.29, 1.82) is 0 Å². The van der Waals surface area contributed by atoms with Gasteiger partial charge in [-0.25, -0.2) is 4.98 Å². The fraction of sp³-hybridized carbons (Fsp3) is 0.194. The molecule has 1 saturated carbocycles. The number of benzene rings is 8. The Morgan fingerprint density at radius 1 is 0.569 bits per heavy atom. The molecule has 0 spiro atoms. The smallest absolute Gasteiger partial charge is 0.148 e. The number of para-hydroxylation sites is 2. The molecular weight excluding hydrogens is 1060 g/mol. The second-order valence-corrected chi connectivity index (χ2v) is 20.7. The SMILES string of the molecule is [2H]C([2H])(c1ccc(-n2c(-c3cccc(-c4ccccc4)c3O)nc3c(-c4[c-]c(-c5cc(-c6ccc(C(C)(C)c7ccccc7)cc6)ccn5)cc(C(C)(C)C)c4)cccc32)c(-c2ccccc2)c1)C1CCCC1.[Pt]. The number of hydrogen-bond acceptors (Lipinski definition) is 3. The van der Waals surface area contributed by atoms with Gasteiger partial charge in [0, 0.05) is 52.2 Å². The van der Waals surface area contributed by atoms with Crippen LogP contribution in [0.4, 0.5) is 0 Å². The minimum Gasteiger partial charge on any atom is -0.507 e. The van der Waals surface area contributed by atoms with E-state index in [0.717, 1.165) is 98.2 Å². The van der Waals surface area contributed by atoms with Crippen LogP contribution in [-0.4, -0.2) is 19.6 Å². The van der Waals surface area contributed by atoms with Gasteiger partial charge in [0.15, 0.2) is 0 Å². The molecule has 72 heavy (non-hydrogen) atoms. The van der Waals surface area contributed by atoms with Crippen molar-refractivity contribution >= 4 is 11.0 Å². The molecule has 0 amide bonds. The summed E-state index contributed by atoms with van der Waals surface area (Å²) in [5, 5.41) is 12.4. The summed E-state index contributed by atoms with van der Waals surface area (Å²) in [6.07, 6.45) is 4.25. The van der Waals surface area contributed by atoms with Crippen LogP contribution < -0.4 is 0 Å². The van der Waals surface area contributed by atoms with Gasteiger partial charge in [0.2, 0.25) is 0 Å². The number of phenolic OH excluding ortho intramolecular Hbond substituents is 1. The van der Waals surface area contributed by atoms with Crippen LogP contribution in [0.3, 0.4) is 0 Å². The van der Waals surface area contributed by atoms with E-state index in [0.29, 0.717) is 22.5 Å². The Kier molecular flexibility index (Phi) is 12.9. The molecule has 5 heteroatoms. The first-order chi connectivity index (χ1) is 35.3. The third-order valence-corrected chi connectivity index (χ3v) is 14.6. The number of rotatable bonds is 11. The van der Waals surface area contributed by atoms with Gasteiger partial charge in [-0.1, -0.05) is 223 Å². The first-order valence-corrected chi connectivity index (χ1v) is 25.1. The number of fused-ring (bicyclic) bond motifs is 1. The van der Waals surface area contributed by atoms with E-state index >= 15 is 0 Å². The van der Waals surface area contributed by atoms with Gasteiger partial charge in [-0.15, -0.1) is 29.3 Å². The summed E-state index contributed by atoms with van der Waals surface area (Å²) >= 11 is 0. The molecule has 1 aliphatic rings. The summed E-state index contributed by atoms with van der Waals surface area (Å²) in [7, 11) is 0. The molecule has 0 atom stereocenters. The molecular formula is C67H60N3OPt-. The Morgan fingerprint density at radius 3 is 1.88 bits per heavy atom. The molecule has 2 heterocycles. The molecule has 1 fully saturated rings. The van der Waals surface area contributed by atoms with E-state index < -0.39 is 6.37 Å². The Balaban J connectivity index is 0.00000626. The van der Waals surface area contributed by atoms with E-state index in [1.807, 2.05) is 79.0 Å². The monoisotopic (exact) mass is 1120 g/mol. The van der Waals surface area contributed by atoms with Crippen molar-refractivity contribution in [1.82, 2.24) is 14.5 Å². The molecule has 11 rings (SSSR count). The van der Waals surface area contributed by atoms with Gasteiger partial charge < -0.3 is 5.11 Å². The van der Waals surface area contributed by atoms with Gasteiger partial charge in [0.25, 0.3) is 0 Å². The Labute approximate surface area is 442 Å². The number of nitrogens with zero attached hydrogens (tertiary/aromatic N) is 3. The fourth-order valence-electron chi connectivity index (χ4n) is 10.4. The van der Waals surface area contributed by atoms with Crippen molar-refractivity contribution in [2.24, 2.45) is 5.92 Å². The van der Waals surface area contributed by atoms with Crippen molar-refractivity contribution in [3.63, 3.8) is 0 Å². The predicted octanol–water partition coefficient (Wildman–Crippen LogP) is 17.3. The summed E-state index contributed by atoms with van der Waals surface area (Å²) in [5.41, 5.74) is 16.1. The van der Waals surface area contributed by atoms with Crippen LogP contribution in [-0.2, 0) is 38.3 Å². The predicted molar refractivity (Wildman–Crippen MR) is 295 cm³/mol. The second kappa shape index (κ2) is 20.2. The molecule has 2 aromatic heterocycles. The topological polar surface area (TPSA) is 50.9 Å². The van der Waals surface area contributed by atoms with E-state index in [9.17, 15) is 7.85 Å². The Hall–Kier alpha value is -7.13. The zero-order valence-corrected chi connectivity index (χ0v) is 43.8. The van der Waals surface area contributed by atoms with Gasteiger partial charge in [-0.3, -0.25) is 9.55 Å². The molecule has 8 aromatic carbocycles. The van der Waals surface area contributed by atoms with Crippen molar-refractivity contribution in [3.05, 3.63) is 229 Å². The zero-order valence-electron chi connectivity index (χ0n) is 43.6. The number of pyridine rings is 1. The van der Waals surface area contributed by atoms with E-state index in [4.69, 9.17) is 9.97 Å². The molecule has 0 radical (unpaired) electrons. The molecule has 0 unspecified atom stereocenters. The summed E-state index contributed by atoms with van der Waals surface area (Å²) in [6, 6.07) is 70.5. The molecule has 0 saturated heterocycles. The Morgan fingerprint density at radius 2 is 1.18 bits per heavy atom. The van der Waals surface area contributed by atoms with Gasteiger partial charge >= 0.3 is 0 Å². The van der Waals surface area contributed by atoms with E-state index in [-0.39, 0.29) is 43.6 Å². The van der Waals surface area contributed by atoms with Crippen LogP contribution in [0, 0.1) is 12.0 Å². The van der Waals surface area contributed by atoms with Crippen LogP contribution in [0.5, 0.6) is 5.75 Å². The minimum atomic E-state index is -1.50. The molecule has 1 aliphatic carbocycles. The molecule has 10 aromatic rings. The van der Waals surface area contributed by atoms with E-state index in [1.165, 1.54) is 11.1 Å². The maximum atomic E-state index is 12.4. The van der Waals surface area contributed by atoms with Gasteiger partial charge in [-0.05, 0) is 87.0 Å². The summed E-state index contributed by atoms with van der Waals surface area (Å²) in [6.45, 7) is 11.2. The normalized spacial score (nSPS) is 13.7. The third-order valence-electron chi connectivity index (χ3n) is 14.6. The van der Waals surface area contributed by atoms with Crippen LogP contribution in [0.15, 0.2) is 200 Å². The van der Waals surface area contributed by atoms with Gasteiger partial charge in [0.05, 0.1) is 22.3 Å². The summed E-state index contributed by atoms with van der Waals surface area (Å²) in [5.74, 6) is 0.659. The summed E-state index contributed by atoms with van der Waals surface area (Å²) in [4.78, 5) is 10.6. The average molecular weight is 1120 g/mol. The quantitative estimate of drug-likeness (QED) is 0.131. The number of aromatic nitrogens is 3. The first-order valence-electron chi connectivity index (χ1n) is 26.1. The van der Waals surface area contributed by atoms with E-state index in [1.54, 1.807) is 0 Å². The van der Waals surface area contributed by atoms with Crippen LogP contribution in [0.25, 0.3) is 83.9 Å². The van der Waals surface area contributed by atoms with Crippen LogP contribution in [0.2, 0.25) is 0 Å². The van der Waals surface area contributed by atoms with Crippen molar-refractivity contribution < 1.29 is 28.9 Å². The van der Waals surface area contributed by atoms with Gasteiger partial charge in [0.1, 0.15) is 11.6 Å². The zero-order chi connectivity index (χ0) is 50.5. The van der Waals surface area contributed by atoms with Crippen molar-refractivity contribution in [2.45, 2.75) is 77.5 Å². The third kappa shape index (κ3) is 9.53. The fourth-order valence-corrected chi connectivity index (χ4v) is 10.4. The standard InChI is InChI=1S/C67H60N3O.Pt/c1-66(2,3)55-42-51(41-52(43-55)60-44-50(37-38-68-60)47-32-34-54(35-33-47)67(4,5)53-25-13-8-14-26-53)56-27-18-30-62-63(56)69-65(58-29-17-28-57(64(58)71)48-21-9-6-10-22-48)70(62)61-36-31-46(39-45-19-15-16-20-45)40-59(61)49-23-11-7-12-24-49;/h6-14,17-18,21-38,40,42-45,71H,15-16,19-20,39H2,1-5H3;/q-1;/i39D2;. The van der Waals surface area contributed by atoms with Crippen molar-refractivity contribution in [3.8, 4) is 78.6 Å². The maximum absolute atomic E-state index is 12.4. The minimum absolute atomic E-state index is 0. The van der Waals surface area contributed by atoms with E-state index in [2.05, 4.69) is 167 Å². The average Bonchev–Trinajstić information content (AvgIpc) is 4.12. The molecule has 0 bridgehead atoms. The van der Waals surface area contributed by atoms with Crippen LogP contribution >= 0.6 is 0 Å². The molecule has 0 aliphatic heterocycles. The Bertz CT molecular complexity index is 3610. The summed E-state index contributed by atoms with van der Waals surface area (Å²) < 4.78 is 21.1. The number of imidazole rings is 1. The largest absolute Gasteiger partial charge is 0.507 e. The molecule has 1 N–H and O–H groups in total. The molecule has 4 nitrogen and oxygen atoms in total. The molecule has 360 valence electrons. The second-order valence-electron chi connectivity index (χ2n) is 20.7. The van der Waals surface area contributed by atoms with Crippen molar-refractivity contribution in [2.75, 3.05) is 0 Å². The first kappa shape index (κ1) is 46.0. The van der Waals surface area contributed by atoms with Gasteiger partial charge in [-0.2, -0.15) is 0 Å². The number of hydrogen-bond donors (Lipinski definition) is 1. The number of phenols is 1.